The summed E-state index contributed by atoms with van der Waals surface area (Å²) in [5.41, 5.74) is 1.38. The van der Waals surface area contributed by atoms with E-state index in [-0.39, 0.29) is 11.9 Å². The summed E-state index contributed by atoms with van der Waals surface area (Å²) in [7, 11) is 0. The van der Waals surface area contributed by atoms with Crippen molar-refractivity contribution in [3.8, 4) is 5.75 Å². The molecule has 1 aromatic rings. The van der Waals surface area contributed by atoms with Crippen molar-refractivity contribution in [3.05, 3.63) is 29.6 Å². The molecule has 2 aliphatic rings. The Hall–Kier alpha value is -1.09. The lowest BCUT2D eigenvalue weighted by molar-refractivity contribution is 0.200. The Bertz CT molecular complexity index is 472. The molecule has 1 heterocycles. The van der Waals surface area contributed by atoms with Gasteiger partial charge in [0.15, 0.2) is 0 Å². The van der Waals surface area contributed by atoms with E-state index in [1.165, 1.54) is 25.3 Å². The number of benzene rings is 1. The van der Waals surface area contributed by atoms with E-state index >= 15 is 0 Å². The molecule has 104 valence electrons. The number of halogens is 1. The van der Waals surface area contributed by atoms with Crippen molar-refractivity contribution in [2.24, 2.45) is 5.41 Å². The average molecular weight is 263 g/mol. The minimum absolute atomic E-state index is 0.146. The second-order valence-electron chi connectivity index (χ2n) is 6.54. The largest absolute Gasteiger partial charge is 0.488 e. The Morgan fingerprint density at radius 2 is 2.26 bits per heavy atom. The molecule has 0 radical (unpaired) electrons. The molecule has 2 atom stereocenters. The lowest BCUT2D eigenvalue weighted by Gasteiger charge is -2.29. The topological polar surface area (TPSA) is 21.3 Å². The fourth-order valence-corrected chi connectivity index (χ4v) is 3.38. The fourth-order valence-electron chi connectivity index (χ4n) is 3.38. The maximum atomic E-state index is 13.2. The van der Waals surface area contributed by atoms with Gasteiger partial charge in [-0.15, -0.1) is 0 Å². The second kappa shape index (κ2) is 4.78. The molecule has 0 saturated heterocycles. The molecule has 2 nitrogen and oxygen atoms in total. The molecule has 1 N–H and O–H groups in total. The minimum Gasteiger partial charge on any atom is -0.488 e. The molecule has 1 aromatic carbocycles. The van der Waals surface area contributed by atoms with Crippen LogP contribution >= 0.6 is 0 Å². The maximum Gasteiger partial charge on any atom is 0.123 e. The Morgan fingerprint density at radius 1 is 1.42 bits per heavy atom. The number of hydrogen-bond donors (Lipinski definition) is 1. The third-order valence-electron chi connectivity index (χ3n) is 4.61. The van der Waals surface area contributed by atoms with Gasteiger partial charge in [0.25, 0.3) is 0 Å². The third kappa shape index (κ3) is 2.62. The normalized spacial score (nSPS) is 28.2. The van der Waals surface area contributed by atoms with Gasteiger partial charge in [-0.05, 0) is 36.5 Å². The predicted octanol–water partition coefficient (Wildman–Crippen LogP) is 3.30. The number of nitrogens with one attached hydrogen (secondary N) is 1. The van der Waals surface area contributed by atoms with E-state index in [1.807, 2.05) is 0 Å². The zero-order chi connectivity index (χ0) is 13.5. The summed E-state index contributed by atoms with van der Waals surface area (Å²) >= 11 is 0. The number of rotatable bonds is 3. The molecule has 0 bridgehead atoms. The first-order chi connectivity index (χ1) is 9.04. The highest BCUT2D eigenvalue weighted by Crippen LogP contribution is 2.37. The monoisotopic (exact) mass is 263 g/mol. The highest BCUT2D eigenvalue weighted by Gasteiger charge is 2.35. The van der Waals surface area contributed by atoms with Crippen LogP contribution in [-0.2, 0) is 6.42 Å². The van der Waals surface area contributed by atoms with E-state index in [4.69, 9.17) is 4.74 Å². The predicted molar refractivity (Wildman–Crippen MR) is 73.9 cm³/mol. The fraction of sp³-hybridized carbons (Fsp3) is 0.625. The van der Waals surface area contributed by atoms with Gasteiger partial charge >= 0.3 is 0 Å². The molecule has 19 heavy (non-hydrogen) atoms. The lowest BCUT2D eigenvalue weighted by atomic mass is 9.87. The van der Waals surface area contributed by atoms with Gasteiger partial charge in [-0.2, -0.15) is 0 Å². The molecule has 0 amide bonds. The van der Waals surface area contributed by atoms with Crippen molar-refractivity contribution < 1.29 is 9.13 Å². The third-order valence-corrected chi connectivity index (χ3v) is 4.61. The van der Waals surface area contributed by atoms with E-state index in [0.29, 0.717) is 11.5 Å². The summed E-state index contributed by atoms with van der Waals surface area (Å²) in [6, 6.07) is 5.38. The first kappa shape index (κ1) is 12.9. The summed E-state index contributed by atoms with van der Waals surface area (Å²) in [5, 5.41) is 3.64. The van der Waals surface area contributed by atoms with Gasteiger partial charge in [0.2, 0.25) is 0 Å². The van der Waals surface area contributed by atoms with Crippen molar-refractivity contribution in [2.45, 2.75) is 51.7 Å². The van der Waals surface area contributed by atoms with Crippen molar-refractivity contribution in [3.63, 3.8) is 0 Å². The summed E-state index contributed by atoms with van der Waals surface area (Å²) < 4.78 is 19.0. The molecule has 2 unspecified atom stereocenters. The van der Waals surface area contributed by atoms with E-state index in [9.17, 15) is 4.39 Å². The molecule has 0 spiro atoms. The lowest BCUT2D eigenvalue weighted by Crippen LogP contribution is -2.42. The average Bonchev–Trinajstić information content (AvgIpc) is 2.88. The van der Waals surface area contributed by atoms with Crippen LogP contribution in [0, 0.1) is 11.2 Å². The van der Waals surface area contributed by atoms with Crippen LogP contribution in [0.1, 0.15) is 38.7 Å². The van der Waals surface area contributed by atoms with Crippen LogP contribution in [0.5, 0.6) is 5.75 Å². The van der Waals surface area contributed by atoms with Crippen molar-refractivity contribution in [2.75, 3.05) is 6.54 Å². The van der Waals surface area contributed by atoms with Gasteiger partial charge in [-0.1, -0.05) is 20.3 Å². The maximum absolute atomic E-state index is 13.2. The second-order valence-corrected chi connectivity index (χ2v) is 6.54. The first-order valence-corrected chi connectivity index (χ1v) is 7.23. The van der Waals surface area contributed by atoms with Crippen molar-refractivity contribution in [1.29, 1.82) is 0 Å². The standard InChI is InChI=1S/C16H22FNO/c1-16(2)7-3-4-15(16)18-10-13-9-11-8-12(17)5-6-14(11)19-13/h5-6,8,13,15,18H,3-4,7,9-10H2,1-2H3. The SMILES string of the molecule is CC1(C)CCCC1NCC1Cc2cc(F)ccc2O1. The van der Waals surface area contributed by atoms with E-state index in [2.05, 4.69) is 19.2 Å². The van der Waals surface area contributed by atoms with Crippen LogP contribution in [0.15, 0.2) is 18.2 Å². The zero-order valence-electron chi connectivity index (χ0n) is 11.7. The summed E-state index contributed by atoms with van der Waals surface area (Å²) in [5.74, 6) is 0.673. The highest BCUT2D eigenvalue weighted by atomic mass is 19.1. The molecule has 1 fully saturated rings. The van der Waals surface area contributed by atoms with Gasteiger partial charge in [-0.3, -0.25) is 0 Å². The van der Waals surface area contributed by atoms with Crippen molar-refractivity contribution in [1.82, 2.24) is 5.32 Å². The van der Waals surface area contributed by atoms with Gasteiger partial charge in [0.1, 0.15) is 17.7 Å². The molecule has 1 saturated carbocycles. The minimum atomic E-state index is -0.173. The Labute approximate surface area is 114 Å². The van der Waals surface area contributed by atoms with Gasteiger partial charge < -0.3 is 10.1 Å². The van der Waals surface area contributed by atoms with Crippen LogP contribution in [0.2, 0.25) is 0 Å². The first-order valence-electron chi connectivity index (χ1n) is 7.23. The van der Waals surface area contributed by atoms with Gasteiger partial charge in [0, 0.05) is 24.6 Å². The van der Waals surface area contributed by atoms with E-state index in [0.717, 1.165) is 24.3 Å². The number of fused-ring (bicyclic) bond motifs is 1. The summed E-state index contributed by atoms with van der Waals surface area (Å²) in [6.07, 6.45) is 4.81. The Morgan fingerprint density at radius 3 is 3.00 bits per heavy atom. The van der Waals surface area contributed by atoms with Crippen LogP contribution in [0.4, 0.5) is 4.39 Å². The van der Waals surface area contributed by atoms with E-state index in [1.54, 1.807) is 12.1 Å². The summed E-state index contributed by atoms with van der Waals surface area (Å²) in [6.45, 7) is 5.51. The number of hydrogen-bond acceptors (Lipinski definition) is 2. The van der Waals surface area contributed by atoms with Crippen LogP contribution in [-0.4, -0.2) is 18.7 Å². The molecular formula is C16H22FNO. The smallest absolute Gasteiger partial charge is 0.123 e. The zero-order valence-corrected chi connectivity index (χ0v) is 11.7. The van der Waals surface area contributed by atoms with Gasteiger partial charge in [-0.25, -0.2) is 4.39 Å². The molecule has 3 heteroatoms. The Kier molecular flexibility index (Phi) is 3.25. The molecule has 1 aliphatic carbocycles. The van der Waals surface area contributed by atoms with Crippen LogP contribution < -0.4 is 10.1 Å². The molecule has 1 aliphatic heterocycles. The van der Waals surface area contributed by atoms with E-state index < -0.39 is 0 Å². The van der Waals surface area contributed by atoms with Gasteiger partial charge in [0.05, 0.1) is 0 Å². The molecule has 3 rings (SSSR count). The van der Waals surface area contributed by atoms with Crippen molar-refractivity contribution >= 4 is 0 Å². The van der Waals surface area contributed by atoms with Crippen LogP contribution in [0.3, 0.4) is 0 Å². The highest BCUT2D eigenvalue weighted by molar-refractivity contribution is 5.37. The molecule has 0 aromatic heterocycles. The number of ether oxygens (including phenoxy) is 1. The quantitative estimate of drug-likeness (QED) is 0.903. The summed E-state index contributed by atoms with van der Waals surface area (Å²) in [4.78, 5) is 0. The van der Waals surface area contributed by atoms with Crippen LogP contribution in [0.25, 0.3) is 0 Å². The molecular weight excluding hydrogens is 241 g/mol. The Balaban J connectivity index is 1.56.